The van der Waals surface area contributed by atoms with E-state index in [1.807, 2.05) is 36.4 Å². The molecule has 17 aromatic carbocycles. The lowest BCUT2D eigenvalue weighted by atomic mass is 9.92. The molecule has 0 atom stereocenters. The summed E-state index contributed by atoms with van der Waals surface area (Å²) in [5, 5.41) is 25.6. The van der Waals surface area contributed by atoms with Crippen LogP contribution in [0.4, 0.5) is 58.7 Å². The van der Waals surface area contributed by atoms with E-state index in [1.165, 1.54) is 85.0 Å². The van der Waals surface area contributed by atoms with Gasteiger partial charge in [-0.25, -0.2) is 13.2 Å². The number of rotatable bonds is 13. The Labute approximate surface area is 649 Å². The van der Waals surface area contributed by atoms with Gasteiger partial charge in [0.1, 0.15) is 34.2 Å². The van der Waals surface area contributed by atoms with Crippen LogP contribution in [0.25, 0.3) is 130 Å². The molecule has 0 unspecified atom stereocenters. The predicted octanol–water partition coefficient (Wildman–Crippen LogP) is 28.9. The smallest absolute Gasteiger partial charge is 0.159 e. The third kappa shape index (κ3) is 12.6. The Morgan fingerprint density at radius 1 is 0.330 bits per heavy atom. The molecule has 0 bridgehead atoms. The molecule has 20 aromatic rings. The number of anilines is 8. The van der Waals surface area contributed by atoms with Gasteiger partial charge in [0.2, 0.25) is 0 Å². The quantitative estimate of drug-likeness (QED) is 0.0917. The maximum atomic E-state index is 14.7. The van der Waals surface area contributed by atoms with Gasteiger partial charge in [-0.3, -0.25) is 0 Å². The molecule has 534 valence electrons. The molecule has 20 rings (SSSR count). The molecule has 0 aliphatic heterocycles. The minimum absolute atomic E-state index is 0.241. The van der Waals surface area contributed by atoms with Crippen LogP contribution in [0.5, 0.6) is 0 Å². The van der Waals surface area contributed by atoms with Crippen LogP contribution in [0.3, 0.4) is 0 Å². The van der Waals surface area contributed by atoms with Crippen LogP contribution < -0.4 is 20.3 Å². The molecule has 6 nitrogen and oxygen atoms in total. The van der Waals surface area contributed by atoms with E-state index in [-0.39, 0.29) is 17.5 Å². The minimum Gasteiger partial charge on any atom is -0.454 e. The normalized spacial score (nSPS) is 12.1. The Hall–Kier alpha value is -11.0. The molecular formula is C95H74Br2F3N3O3Si3. The fraction of sp³-hybridized carbons (Fsp3) is 0.0947. The Kier molecular flexibility index (Phi) is 17.9. The number of fused-ring (bicyclic) bond motifs is 9. The average molecular weight is 1610 g/mol. The lowest BCUT2D eigenvalue weighted by molar-refractivity contribution is 0.627. The molecule has 0 spiro atoms. The van der Waals surface area contributed by atoms with Crippen LogP contribution in [0.1, 0.15) is 11.1 Å². The topological polar surface area (TPSA) is 57.9 Å². The van der Waals surface area contributed by atoms with E-state index < -0.39 is 25.7 Å². The summed E-state index contributed by atoms with van der Waals surface area (Å²) in [4.78, 5) is 4.41. The van der Waals surface area contributed by atoms with E-state index in [1.54, 1.807) is 12.1 Å². The monoisotopic (exact) mass is 1600 g/mol. The van der Waals surface area contributed by atoms with Crippen LogP contribution >= 0.6 is 31.9 Å². The van der Waals surface area contributed by atoms with Gasteiger partial charge in [0.25, 0.3) is 0 Å². The van der Waals surface area contributed by atoms with Crippen molar-refractivity contribution in [3.63, 3.8) is 0 Å². The van der Waals surface area contributed by atoms with Crippen molar-refractivity contribution >= 4 is 239 Å². The van der Waals surface area contributed by atoms with E-state index >= 15 is 0 Å². The summed E-state index contributed by atoms with van der Waals surface area (Å²) in [5.41, 5.74) is 14.8. The van der Waals surface area contributed by atoms with Gasteiger partial charge in [0.05, 0.1) is 30.8 Å². The summed E-state index contributed by atoms with van der Waals surface area (Å²) in [6, 6.07) is 95.1. The molecule has 3 aromatic heterocycles. The summed E-state index contributed by atoms with van der Waals surface area (Å²) in [5.74, 6) is -0.831. The van der Waals surface area contributed by atoms with Gasteiger partial charge in [0, 0.05) is 87.0 Å². The Balaban J connectivity index is 0.000000156. The number of nitrogens with one attached hydrogen (secondary N) is 1. The zero-order valence-corrected chi connectivity index (χ0v) is 67.6. The van der Waals surface area contributed by atoms with Crippen molar-refractivity contribution in [2.45, 2.75) is 57.9 Å². The number of hydrogen-bond acceptors (Lipinski definition) is 6. The SMILES string of the molecule is Brc1ccc2ccc3c(Br)ccc4ccc1c2c43.C[SiH](C)Cc1cccc2c1oc1c(N(c3ccc(F)cc3)c3ccc4ccc5cc(N(c6ccc(F)cc6)c6cccc7c6oc6c([Si](C)(C)C)cccc67)cc6ccc3c4c56)cccc12.C[SiH](C)Cc1cccc2c1oc1c(Nc3ccc(F)cc3)cccc12. The van der Waals surface area contributed by atoms with E-state index in [9.17, 15) is 13.2 Å². The van der Waals surface area contributed by atoms with E-state index in [2.05, 4.69) is 287 Å². The van der Waals surface area contributed by atoms with Crippen LogP contribution in [0, 0.1) is 17.5 Å². The van der Waals surface area contributed by atoms with Crippen LogP contribution in [0.2, 0.25) is 45.8 Å². The average Bonchev–Trinajstić information content (AvgIpc) is 1.45. The number of nitrogens with zero attached hydrogens (tertiary/aromatic N) is 2. The Bertz CT molecular complexity index is 6820. The maximum absolute atomic E-state index is 14.7. The summed E-state index contributed by atoms with van der Waals surface area (Å²) in [6.45, 7) is 16.5. The predicted molar refractivity (Wildman–Crippen MR) is 471 cm³/mol. The van der Waals surface area contributed by atoms with E-state index in [0.29, 0.717) is 0 Å². The van der Waals surface area contributed by atoms with E-state index in [0.717, 1.165) is 165 Å². The summed E-state index contributed by atoms with van der Waals surface area (Å²) < 4.78 is 64.9. The third-order valence-electron chi connectivity index (χ3n) is 21.2. The Morgan fingerprint density at radius 3 is 1.25 bits per heavy atom. The highest BCUT2D eigenvalue weighted by molar-refractivity contribution is 9.11. The highest BCUT2D eigenvalue weighted by Gasteiger charge is 2.28. The summed E-state index contributed by atoms with van der Waals surface area (Å²) in [6.07, 6.45) is 0. The molecule has 0 aliphatic carbocycles. The van der Waals surface area contributed by atoms with Crippen molar-refractivity contribution in [1.82, 2.24) is 0 Å². The molecule has 0 amide bonds. The van der Waals surface area contributed by atoms with E-state index in [4.69, 9.17) is 13.3 Å². The second-order valence-electron chi connectivity index (χ2n) is 30.4. The molecule has 0 saturated carbocycles. The first-order chi connectivity index (χ1) is 52.9. The first-order valence-electron chi connectivity index (χ1n) is 37.1. The highest BCUT2D eigenvalue weighted by atomic mass is 79.9. The lowest BCUT2D eigenvalue weighted by Crippen LogP contribution is -2.37. The molecule has 0 radical (unpaired) electrons. The highest BCUT2D eigenvalue weighted by Crippen LogP contribution is 2.51. The molecule has 109 heavy (non-hydrogen) atoms. The first-order valence-corrected chi connectivity index (χ1v) is 48.4. The van der Waals surface area contributed by atoms with Gasteiger partial charge in [-0.2, -0.15) is 0 Å². The van der Waals surface area contributed by atoms with Gasteiger partial charge in [-0.1, -0.05) is 235 Å². The number of benzene rings is 17. The van der Waals surface area contributed by atoms with Gasteiger partial charge in [-0.15, -0.1) is 0 Å². The van der Waals surface area contributed by atoms with Crippen molar-refractivity contribution in [2.24, 2.45) is 0 Å². The standard InChI is InChI=1S/C58H46F2N2O2Si2.C21H20FNOSi.C16H8Br2/c1-65(2)34-38-10-6-11-44-45-12-8-16-51(57(45)63-55(38)44)62(42-28-24-40(60)25-29-42)49-31-21-35-18-19-36-32-43(33-37-20-30-48(49)54(35)53(36)37)61(41-26-22-39(59)23-27-41)50-15-7-13-46-47-14-9-17-52(66(3,4)5)58(47)64-56(46)50;1-25(2)13-14-5-3-6-17-18-7-4-8-19(21(18)24-20(14)17)23-16-11-9-15(22)10-12-16;17-13-8-4-10-2-6-12-14(18)7-3-9-1-5-11(13)16(10)15(9)12/h6-33,65H,34H2,1-5H3;3-12,23,25H,13H2,1-2H3;1-8H. The first kappa shape index (κ1) is 69.7. The summed E-state index contributed by atoms with van der Waals surface area (Å²) >= 11 is 7.30. The lowest BCUT2D eigenvalue weighted by Gasteiger charge is -2.28. The zero-order valence-electron chi connectivity index (χ0n) is 61.1. The van der Waals surface area contributed by atoms with Crippen molar-refractivity contribution in [3.8, 4) is 0 Å². The fourth-order valence-electron chi connectivity index (χ4n) is 16.3. The molecule has 1 N–H and O–H groups in total. The van der Waals surface area contributed by atoms with Crippen molar-refractivity contribution < 1.29 is 26.4 Å². The van der Waals surface area contributed by atoms with Crippen LogP contribution in [-0.4, -0.2) is 25.7 Å². The molecule has 0 saturated heterocycles. The Morgan fingerprint density at radius 2 is 0.716 bits per heavy atom. The second-order valence-corrected chi connectivity index (χ2v) is 43.6. The van der Waals surface area contributed by atoms with Gasteiger partial charge >= 0.3 is 0 Å². The van der Waals surface area contributed by atoms with Crippen molar-refractivity contribution in [2.75, 3.05) is 15.1 Å². The number of furan rings is 3. The summed E-state index contributed by atoms with van der Waals surface area (Å²) in [7, 11) is -3.43. The maximum Gasteiger partial charge on any atom is 0.159 e. The van der Waals surface area contributed by atoms with Crippen LogP contribution in [0.15, 0.2) is 301 Å². The van der Waals surface area contributed by atoms with Gasteiger partial charge in [-0.05, 0) is 209 Å². The molecular weight excluding hydrogens is 1530 g/mol. The second kappa shape index (κ2) is 27.9. The largest absolute Gasteiger partial charge is 0.454 e. The molecule has 3 heterocycles. The zero-order chi connectivity index (χ0) is 74.7. The number of para-hydroxylation sites is 6. The molecule has 0 fully saturated rings. The third-order valence-corrected chi connectivity index (χ3v) is 27.1. The van der Waals surface area contributed by atoms with Gasteiger partial charge in [0.15, 0.2) is 16.7 Å². The minimum atomic E-state index is -1.76. The van der Waals surface area contributed by atoms with Crippen molar-refractivity contribution in [3.05, 3.63) is 317 Å². The number of hydrogen-bond donors (Lipinski definition) is 1. The number of halogens is 5. The van der Waals surface area contributed by atoms with Crippen LogP contribution in [-0.2, 0) is 12.1 Å². The molecule has 0 aliphatic rings. The van der Waals surface area contributed by atoms with Crippen molar-refractivity contribution in [1.29, 1.82) is 0 Å². The fourth-order valence-corrected chi connectivity index (χ4v) is 21.1. The van der Waals surface area contributed by atoms with Gasteiger partial charge < -0.3 is 28.4 Å². The molecule has 14 heteroatoms.